The van der Waals surface area contributed by atoms with Gasteiger partial charge in [-0.25, -0.2) is 9.97 Å². The van der Waals surface area contributed by atoms with Crippen LogP contribution in [0.3, 0.4) is 0 Å². The molecule has 0 unspecified atom stereocenters. The lowest BCUT2D eigenvalue weighted by molar-refractivity contribution is -0.138. The third-order valence-electron chi connectivity index (χ3n) is 7.38. The second kappa shape index (κ2) is 9.62. The Morgan fingerprint density at radius 1 is 1.03 bits per heavy atom. The van der Waals surface area contributed by atoms with Crippen LogP contribution in [0.15, 0.2) is 30.6 Å². The van der Waals surface area contributed by atoms with Gasteiger partial charge in [0.25, 0.3) is 0 Å². The molecule has 0 spiro atoms. The largest absolute Gasteiger partial charge is 0.454 e. The topological polar surface area (TPSA) is 71.0 Å². The van der Waals surface area contributed by atoms with Crippen molar-refractivity contribution >= 4 is 33.3 Å². The van der Waals surface area contributed by atoms with E-state index in [2.05, 4.69) is 49.8 Å². The van der Waals surface area contributed by atoms with E-state index in [0.29, 0.717) is 12.7 Å². The van der Waals surface area contributed by atoms with Crippen molar-refractivity contribution in [3.8, 4) is 11.5 Å². The molecular weight excluding hydrogens is 462 g/mol. The Morgan fingerprint density at radius 2 is 1.83 bits per heavy atom. The van der Waals surface area contributed by atoms with Crippen LogP contribution in [0.25, 0.3) is 10.2 Å². The van der Waals surface area contributed by atoms with E-state index in [0.717, 1.165) is 92.6 Å². The first-order valence-electron chi connectivity index (χ1n) is 12.6. The molecular formula is C26H31N5O3S. The van der Waals surface area contributed by atoms with Gasteiger partial charge in [0.2, 0.25) is 12.7 Å². The van der Waals surface area contributed by atoms with Gasteiger partial charge in [0, 0.05) is 56.6 Å². The van der Waals surface area contributed by atoms with Gasteiger partial charge < -0.3 is 19.3 Å². The van der Waals surface area contributed by atoms with Crippen molar-refractivity contribution in [3.63, 3.8) is 0 Å². The minimum Gasteiger partial charge on any atom is -0.454 e. The van der Waals surface area contributed by atoms with Crippen molar-refractivity contribution in [3.05, 3.63) is 41.0 Å². The molecule has 2 saturated heterocycles. The van der Waals surface area contributed by atoms with Crippen LogP contribution in [-0.4, -0.2) is 71.7 Å². The Kier molecular flexibility index (Phi) is 6.20. The van der Waals surface area contributed by atoms with Gasteiger partial charge >= 0.3 is 0 Å². The second-order valence-electron chi connectivity index (χ2n) is 9.53. The van der Waals surface area contributed by atoms with E-state index in [1.807, 2.05) is 6.07 Å². The zero-order valence-electron chi connectivity index (χ0n) is 20.1. The van der Waals surface area contributed by atoms with Crippen LogP contribution in [0.4, 0.5) is 5.82 Å². The quantitative estimate of drug-likeness (QED) is 0.538. The number of benzene rings is 1. The predicted molar refractivity (Wildman–Crippen MR) is 136 cm³/mol. The number of fused-ring (bicyclic) bond motifs is 2. The maximum Gasteiger partial charge on any atom is 0.231 e. The highest BCUT2D eigenvalue weighted by molar-refractivity contribution is 7.18. The number of nitrogens with zero attached hydrogens (tertiary/aromatic N) is 5. The lowest BCUT2D eigenvalue weighted by Gasteiger charge is -2.39. The normalized spacial score (nSPS) is 19.0. The molecule has 9 heteroatoms. The molecule has 0 bridgehead atoms. The summed E-state index contributed by atoms with van der Waals surface area (Å²) in [5, 5.41) is 1.15. The van der Waals surface area contributed by atoms with E-state index in [-0.39, 0.29) is 5.92 Å². The number of carbonyl (C=O) groups is 1. The van der Waals surface area contributed by atoms with Crippen LogP contribution in [0, 0.1) is 5.92 Å². The first-order chi connectivity index (χ1) is 17.2. The number of amides is 1. The minimum absolute atomic E-state index is 0.109. The molecule has 5 heterocycles. The number of piperazine rings is 1. The van der Waals surface area contributed by atoms with Crippen molar-refractivity contribution in [2.45, 2.75) is 32.7 Å². The molecule has 8 nitrogen and oxygen atoms in total. The summed E-state index contributed by atoms with van der Waals surface area (Å²) >= 11 is 1.75. The van der Waals surface area contributed by atoms with E-state index < -0.39 is 0 Å². The van der Waals surface area contributed by atoms with Crippen LogP contribution in [0.1, 0.15) is 30.2 Å². The molecule has 0 saturated carbocycles. The summed E-state index contributed by atoms with van der Waals surface area (Å²) in [7, 11) is 0. The van der Waals surface area contributed by atoms with E-state index in [4.69, 9.17) is 9.47 Å². The summed E-state index contributed by atoms with van der Waals surface area (Å²) in [5.74, 6) is 3.10. The highest BCUT2D eigenvalue weighted by atomic mass is 32.1. The summed E-state index contributed by atoms with van der Waals surface area (Å²) < 4.78 is 10.9. The molecule has 3 aliphatic heterocycles. The van der Waals surface area contributed by atoms with Crippen molar-refractivity contribution in [2.24, 2.45) is 5.92 Å². The molecule has 2 aromatic heterocycles. The fourth-order valence-electron chi connectivity index (χ4n) is 5.34. The lowest BCUT2D eigenvalue weighted by Crippen LogP contribution is -2.51. The number of aromatic nitrogens is 2. The third-order valence-corrected chi connectivity index (χ3v) is 8.57. The average molecular weight is 494 g/mol. The maximum absolute atomic E-state index is 13.3. The zero-order chi connectivity index (χ0) is 23.8. The summed E-state index contributed by atoms with van der Waals surface area (Å²) in [6.07, 6.45) is 4.45. The van der Waals surface area contributed by atoms with Crippen molar-refractivity contribution in [1.29, 1.82) is 0 Å². The first-order valence-corrected chi connectivity index (χ1v) is 13.4. The number of rotatable bonds is 5. The standard InChI is InChI=1S/C26H31N5O3S/c1-2-20-14-21-24(27-16-28-25(21)35-20)30-7-5-19(6-8-30)26(32)31-11-9-29(10-12-31)15-18-3-4-22-23(13-18)34-17-33-22/h3-4,13-14,16,19H,2,5-12,15,17H2,1H3. The van der Waals surface area contributed by atoms with Gasteiger partial charge in [-0.2, -0.15) is 0 Å². The van der Waals surface area contributed by atoms with Gasteiger partial charge in [0.05, 0.1) is 5.39 Å². The number of hydrogen-bond donors (Lipinski definition) is 0. The Bertz CT molecular complexity index is 1210. The van der Waals surface area contributed by atoms with Crippen LogP contribution >= 0.6 is 11.3 Å². The second-order valence-corrected chi connectivity index (χ2v) is 10.6. The minimum atomic E-state index is 0.109. The zero-order valence-corrected chi connectivity index (χ0v) is 20.9. The van der Waals surface area contributed by atoms with E-state index in [9.17, 15) is 4.79 Å². The van der Waals surface area contributed by atoms with Gasteiger partial charge in [0.15, 0.2) is 11.5 Å². The number of aryl methyl sites for hydroxylation is 1. The molecule has 3 aromatic rings. The number of anilines is 1. The molecule has 0 atom stereocenters. The summed E-state index contributed by atoms with van der Waals surface area (Å²) in [6, 6.07) is 8.38. The summed E-state index contributed by atoms with van der Waals surface area (Å²) in [6.45, 7) is 8.46. The van der Waals surface area contributed by atoms with Gasteiger partial charge in [0.1, 0.15) is 17.0 Å². The SMILES string of the molecule is CCc1cc2c(N3CCC(C(=O)N4CCN(Cc5ccc6c(c5)OCO6)CC4)CC3)ncnc2s1. The number of hydrogen-bond acceptors (Lipinski definition) is 8. The first kappa shape index (κ1) is 22.5. The highest BCUT2D eigenvalue weighted by Crippen LogP contribution is 2.34. The Hall–Kier alpha value is -2.91. The lowest BCUT2D eigenvalue weighted by atomic mass is 9.94. The van der Waals surface area contributed by atoms with Gasteiger partial charge in [-0.15, -0.1) is 11.3 Å². The molecule has 3 aliphatic rings. The van der Waals surface area contributed by atoms with E-state index in [1.165, 1.54) is 10.4 Å². The van der Waals surface area contributed by atoms with E-state index in [1.54, 1.807) is 17.7 Å². The molecule has 0 radical (unpaired) electrons. The van der Waals surface area contributed by atoms with Gasteiger partial charge in [-0.3, -0.25) is 9.69 Å². The smallest absolute Gasteiger partial charge is 0.231 e. The third kappa shape index (κ3) is 4.54. The van der Waals surface area contributed by atoms with Crippen LogP contribution in [0.5, 0.6) is 11.5 Å². The molecule has 6 rings (SSSR count). The van der Waals surface area contributed by atoms with Crippen LogP contribution in [0.2, 0.25) is 0 Å². The monoisotopic (exact) mass is 493 g/mol. The van der Waals surface area contributed by atoms with Crippen LogP contribution < -0.4 is 14.4 Å². The summed E-state index contributed by atoms with van der Waals surface area (Å²) in [4.78, 5) is 31.6. The molecule has 1 aromatic carbocycles. The molecule has 35 heavy (non-hydrogen) atoms. The molecule has 1 amide bonds. The number of thiophene rings is 1. The summed E-state index contributed by atoms with van der Waals surface area (Å²) in [5.41, 5.74) is 1.22. The van der Waals surface area contributed by atoms with Gasteiger partial charge in [-0.1, -0.05) is 13.0 Å². The number of carbonyl (C=O) groups excluding carboxylic acids is 1. The number of ether oxygens (including phenoxy) is 2. The Balaban J connectivity index is 1.02. The fourth-order valence-corrected chi connectivity index (χ4v) is 6.27. The molecule has 184 valence electrons. The van der Waals surface area contributed by atoms with Crippen molar-refractivity contribution in [2.75, 3.05) is 51.0 Å². The molecule has 2 fully saturated rings. The van der Waals surface area contributed by atoms with Crippen molar-refractivity contribution < 1.29 is 14.3 Å². The van der Waals surface area contributed by atoms with Crippen molar-refractivity contribution in [1.82, 2.24) is 19.8 Å². The Labute approximate surface area is 209 Å². The maximum atomic E-state index is 13.3. The van der Waals surface area contributed by atoms with Crippen LogP contribution in [-0.2, 0) is 17.8 Å². The number of piperidine rings is 1. The van der Waals surface area contributed by atoms with Gasteiger partial charge in [-0.05, 0) is 43.0 Å². The molecule has 0 aliphatic carbocycles. The fraction of sp³-hybridized carbons (Fsp3) is 0.500. The average Bonchev–Trinajstić information content (AvgIpc) is 3.55. The van der Waals surface area contributed by atoms with E-state index >= 15 is 0 Å². The molecule has 0 N–H and O–H groups in total. The highest BCUT2D eigenvalue weighted by Gasteiger charge is 2.31. The predicted octanol–water partition coefficient (Wildman–Crippen LogP) is 3.54. The Morgan fingerprint density at radius 3 is 2.63 bits per heavy atom.